The number of piperidine rings is 1. The quantitative estimate of drug-likeness (QED) is 0.894. The van der Waals surface area contributed by atoms with Crippen molar-refractivity contribution in [2.45, 2.75) is 38.3 Å². The van der Waals surface area contributed by atoms with E-state index < -0.39 is 0 Å². The van der Waals surface area contributed by atoms with E-state index in [0.29, 0.717) is 12.1 Å². The standard InChI is InChI=1S/C16H28N4/c1-5-15(17-2)16-9-8-13(11-18-16)20(4)14-7-6-10-19(3)12-14/h8-9,11,14-15,17H,5-7,10,12H2,1-4H3. The van der Waals surface area contributed by atoms with Gasteiger partial charge in [-0.05, 0) is 52.0 Å². The molecule has 20 heavy (non-hydrogen) atoms. The molecule has 0 aromatic carbocycles. The minimum absolute atomic E-state index is 0.357. The van der Waals surface area contributed by atoms with Gasteiger partial charge in [-0.15, -0.1) is 0 Å². The molecule has 2 rings (SSSR count). The number of nitrogens with zero attached hydrogens (tertiary/aromatic N) is 3. The summed E-state index contributed by atoms with van der Waals surface area (Å²) in [5.74, 6) is 0. The fraction of sp³-hybridized carbons (Fsp3) is 0.688. The van der Waals surface area contributed by atoms with E-state index >= 15 is 0 Å². The summed E-state index contributed by atoms with van der Waals surface area (Å²) in [4.78, 5) is 9.44. The van der Waals surface area contributed by atoms with E-state index in [1.54, 1.807) is 0 Å². The first-order valence-corrected chi connectivity index (χ1v) is 7.70. The van der Waals surface area contributed by atoms with Crippen molar-refractivity contribution in [1.29, 1.82) is 0 Å². The van der Waals surface area contributed by atoms with Gasteiger partial charge in [0.05, 0.1) is 17.6 Å². The zero-order valence-corrected chi connectivity index (χ0v) is 13.3. The molecule has 2 heterocycles. The number of anilines is 1. The van der Waals surface area contributed by atoms with Crippen LogP contribution in [0.1, 0.15) is 37.9 Å². The lowest BCUT2D eigenvalue weighted by Crippen LogP contribution is -2.45. The number of likely N-dealkylation sites (tertiary alicyclic amines) is 1. The van der Waals surface area contributed by atoms with Gasteiger partial charge in [0.25, 0.3) is 0 Å². The van der Waals surface area contributed by atoms with Crippen molar-refractivity contribution in [3.8, 4) is 0 Å². The fourth-order valence-electron chi connectivity index (χ4n) is 3.04. The Hall–Kier alpha value is -1.13. The monoisotopic (exact) mass is 276 g/mol. The summed E-state index contributed by atoms with van der Waals surface area (Å²) >= 11 is 0. The summed E-state index contributed by atoms with van der Waals surface area (Å²) < 4.78 is 0. The summed E-state index contributed by atoms with van der Waals surface area (Å²) in [5, 5.41) is 3.30. The third-order valence-electron chi connectivity index (χ3n) is 4.44. The molecular formula is C16H28N4. The van der Waals surface area contributed by atoms with E-state index in [0.717, 1.165) is 18.7 Å². The molecule has 0 aliphatic carbocycles. The highest BCUT2D eigenvalue weighted by Gasteiger charge is 2.21. The summed E-state index contributed by atoms with van der Waals surface area (Å²) in [6, 6.07) is 5.32. The molecule has 1 aromatic rings. The fourth-order valence-corrected chi connectivity index (χ4v) is 3.04. The Morgan fingerprint density at radius 1 is 1.50 bits per heavy atom. The lowest BCUT2D eigenvalue weighted by molar-refractivity contribution is 0.248. The maximum absolute atomic E-state index is 4.64. The summed E-state index contributed by atoms with van der Waals surface area (Å²) in [7, 11) is 6.39. The van der Waals surface area contributed by atoms with Crippen LogP contribution < -0.4 is 10.2 Å². The Labute approximate surface area is 123 Å². The molecule has 1 aliphatic rings. The van der Waals surface area contributed by atoms with Crippen molar-refractivity contribution >= 4 is 5.69 Å². The molecular weight excluding hydrogens is 248 g/mol. The van der Waals surface area contributed by atoms with Gasteiger partial charge in [-0.1, -0.05) is 6.92 Å². The number of hydrogen-bond donors (Lipinski definition) is 1. The van der Waals surface area contributed by atoms with Gasteiger partial charge in [0.15, 0.2) is 0 Å². The highest BCUT2D eigenvalue weighted by molar-refractivity contribution is 5.45. The molecule has 1 saturated heterocycles. The minimum atomic E-state index is 0.357. The van der Waals surface area contributed by atoms with E-state index in [1.807, 2.05) is 13.2 Å². The minimum Gasteiger partial charge on any atom is -0.369 e. The van der Waals surface area contributed by atoms with Gasteiger partial charge in [0.1, 0.15) is 0 Å². The SMILES string of the molecule is CCC(NC)c1ccc(N(C)C2CCCN(C)C2)cn1. The first-order chi connectivity index (χ1) is 9.65. The van der Waals surface area contributed by atoms with Crippen LogP contribution in [0.4, 0.5) is 5.69 Å². The summed E-state index contributed by atoms with van der Waals surface area (Å²) in [6.45, 7) is 4.55. The first-order valence-electron chi connectivity index (χ1n) is 7.70. The molecule has 0 radical (unpaired) electrons. The van der Waals surface area contributed by atoms with Crippen LogP contribution in [0.15, 0.2) is 18.3 Å². The van der Waals surface area contributed by atoms with Crippen molar-refractivity contribution < 1.29 is 0 Å². The van der Waals surface area contributed by atoms with Gasteiger partial charge < -0.3 is 15.1 Å². The second kappa shape index (κ2) is 7.04. The predicted molar refractivity (Wildman–Crippen MR) is 85.3 cm³/mol. The van der Waals surface area contributed by atoms with Crippen LogP contribution in [0.3, 0.4) is 0 Å². The molecule has 4 nitrogen and oxygen atoms in total. The number of pyridine rings is 1. The number of aromatic nitrogens is 1. The molecule has 1 aromatic heterocycles. The molecule has 1 fully saturated rings. The second-order valence-electron chi connectivity index (χ2n) is 5.86. The van der Waals surface area contributed by atoms with Crippen molar-refractivity contribution in [3.05, 3.63) is 24.0 Å². The van der Waals surface area contributed by atoms with Crippen LogP contribution in [0.2, 0.25) is 0 Å². The number of likely N-dealkylation sites (N-methyl/N-ethyl adjacent to an activating group) is 2. The van der Waals surface area contributed by atoms with Crippen LogP contribution in [0.5, 0.6) is 0 Å². The predicted octanol–water partition coefficient (Wildman–Crippen LogP) is 2.28. The van der Waals surface area contributed by atoms with E-state index in [9.17, 15) is 0 Å². The molecule has 2 atom stereocenters. The summed E-state index contributed by atoms with van der Waals surface area (Å²) in [5.41, 5.74) is 2.35. The highest BCUT2D eigenvalue weighted by atomic mass is 15.2. The average molecular weight is 276 g/mol. The van der Waals surface area contributed by atoms with E-state index in [4.69, 9.17) is 0 Å². The smallest absolute Gasteiger partial charge is 0.0574 e. The van der Waals surface area contributed by atoms with Gasteiger partial charge >= 0.3 is 0 Å². The Morgan fingerprint density at radius 3 is 2.85 bits per heavy atom. The first kappa shape index (κ1) is 15.3. The highest BCUT2D eigenvalue weighted by Crippen LogP contribution is 2.22. The Kier molecular flexibility index (Phi) is 5.38. The summed E-state index contributed by atoms with van der Waals surface area (Å²) in [6.07, 6.45) is 5.64. The van der Waals surface area contributed by atoms with Crippen LogP contribution in [0, 0.1) is 0 Å². The number of hydrogen-bond acceptors (Lipinski definition) is 4. The van der Waals surface area contributed by atoms with Gasteiger partial charge in [0, 0.05) is 25.7 Å². The van der Waals surface area contributed by atoms with Crippen molar-refractivity contribution in [2.75, 3.05) is 39.1 Å². The molecule has 0 amide bonds. The Balaban J connectivity index is 2.05. The maximum Gasteiger partial charge on any atom is 0.0574 e. The number of nitrogens with one attached hydrogen (secondary N) is 1. The molecule has 112 valence electrons. The topological polar surface area (TPSA) is 31.4 Å². The zero-order chi connectivity index (χ0) is 14.5. The third kappa shape index (κ3) is 3.49. The third-order valence-corrected chi connectivity index (χ3v) is 4.44. The normalized spacial score (nSPS) is 21.7. The Morgan fingerprint density at radius 2 is 2.30 bits per heavy atom. The van der Waals surface area contributed by atoms with Gasteiger partial charge in [-0.3, -0.25) is 4.98 Å². The molecule has 4 heteroatoms. The number of rotatable bonds is 5. The van der Waals surface area contributed by atoms with Crippen LogP contribution in [-0.4, -0.2) is 50.2 Å². The largest absolute Gasteiger partial charge is 0.369 e. The molecule has 1 aliphatic heterocycles. The molecule has 1 N–H and O–H groups in total. The second-order valence-corrected chi connectivity index (χ2v) is 5.86. The molecule has 2 unspecified atom stereocenters. The lowest BCUT2D eigenvalue weighted by Gasteiger charge is -2.37. The van der Waals surface area contributed by atoms with E-state index in [1.165, 1.54) is 25.1 Å². The van der Waals surface area contributed by atoms with Gasteiger partial charge in [0.2, 0.25) is 0 Å². The van der Waals surface area contributed by atoms with Crippen LogP contribution in [0.25, 0.3) is 0 Å². The Bertz CT molecular complexity index is 399. The molecule has 0 spiro atoms. The van der Waals surface area contributed by atoms with Gasteiger partial charge in [-0.2, -0.15) is 0 Å². The van der Waals surface area contributed by atoms with E-state index in [2.05, 4.69) is 53.3 Å². The van der Waals surface area contributed by atoms with Crippen LogP contribution >= 0.6 is 0 Å². The van der Waals surface area contributed by atoms with Gasteiger partial charge in [-0.25, -0.2) is 0 Å². The maximum atomic E-state index is 4.64. The molecule has 0 saturated carbocycles. The van der Waals surface area contributed by atoms with Crippen LogP contribution in [-0.2, 0) is 0 Å². The lowest BCUT2D eigenvalue weighted by atomic mass is 10.0. The zero-order valence-electron chi connectivity index (χ0n) is 13.3. The van der Waals surface area contributed by atoms with Crippen molar-refractivity contribution in [1.82, 2.24) is 15.2 Å². The molecule has 0 bridgehead atoms. The van der Waals surface area contributed by atoms with E-state index in [-0.39, 0.29) is 0 Å². The van der Waals surface area contributed by atoms with Crippen molar-refractivity contribution in [3.63, 3.8) is 0 Å². The van der Waals surface area contributed by atoms with Crippen molar-refractivity contribution in [2.24, 2.45) is 0 Å². The average Bonchev–Trinajstić information content (AvgIpc) is 2.48.